The molecular formula is C7H8ClNO. The summed E-state index contributed by atoms with van der Waals surface area (Å²) < 4.78 is 4.88. The summed E-state index contributed by atoms with van der Waals surface area (Å²) in [6, 6.07) is 3.50. The van der Waals surface area contributed by atoms with E-state index < -0.39 is 0 Å². The van der Waals surface area contributed by atoms with E-state index in [0.29, 0.717) is 10.9 Å². The predicted octanol–water partition coefficient (Wildman–Crippen LogP) is 2.05. The summed E-state index contributed by atoms with van der Waals surface area (Å²) >= 11 is 5.72. The van der Waals surface area contributed by atoms with E-state index in [2.05, 4.69) is 4.98 Å². The van der Waals surface area contributed by atoms with Crippen molar-refractivity contribution in [2.45, 2.75) is 6.92 Å². The lowest BCUT2D eigenvalue weighted by Gasteiger charge is -1.99. The minimum Gasteiger partial charge on any atom is -0.481 e. The second-order valence-electron chi connectivity index (χ2n) is 1.92. The van der Waals surface area contributed by atoms with Crippen LogP contribution in [0.4, 0.5) is 0 Å². The van der Waals surface area contributed by atoms with Gasteiger partial charge in [0.2, 0.25) is 5.88 Å². The Kier molecular flexibility index (Phi) is 2.12. The van der Waals surface area contributed by atoms with Gasteiger partial charge in [0.05, 0.1) is 17.8 Å². The largest absolute Gasteiger partial charge is 0.481 e. The number of pyridine rings is 1. The molecule has 0 N–H and O–H groups in total. The average molecular weight is 158 g/mol. The molecule has 2 nitrogen and oxygen atoms in total. The lowest BCUT2D eigenvalue weighted by molar-refractivity contribution is 0.397. The highest BCUT2D eigenvalue weighted by atomic mass is 35.5. The first-order valence-corrected chi connectivity index (χ1v) is 3.29. The molecule has 1 heterocycles. The van der Waals surface area contributed by atoms with Crippen LogP contribution in [0.2, 0.25) is 5.02 Å². The van der Waals surface area contributed by atoms with Gasteiger partial charge in [-0.25, -0.2) is 4.98 Å². The van der Waals surface area contributed by atoms with E-state index in [1.54, 1.807) is 19.2 Å². The summed E-state index contributed by atoms with van der Waals surface area (Å²) in [5, 5.41) is 0.667. The van der Waals surface area contributed by atoms with Crippen LogP contribution in [-0.2, 0) is 0 Å². The third-order valence-electron chi connectivity index (χ3n) is 1.20. The molecule has 0 spiro atoms. The van der Waals surface area contributed by atoms with Gasteiger partial charge < -0.3 is 4.74 Å². The van der Waals surface area contributed by atoms with E-state index in [9.17, 15) is 0 Å². The Hall–Kier alpha value is -0.760. The third kappa shape index (κ3) is 1.39. The second-order valence-corrected chi connectivity index (χ2v) is 2.33. The summed E-state index contributed by atoms with van der Waals surface area (Å²) in [7, 11) is 1.58. The monoisotopic (exact) mass is 157 g/mol. The lowest BCUT2D eigenvalue weighted by Crippen LogP contribution is -1.89. The number of aryl methyl sites for hydroxylation is 1. The molecule has 0 aliphatic carbocycles. The van der Waals surface area contributed by atoms with Crippen molar-refractivity contribution in [2.75, 3.05) is 7.11 Å². The molecule has 0 aromatic carbocycles. The van der Waals surface area contributed by atoms with Crippen LogP contribution in [0.5, 0.6) is 5.88 Å². The Balaban J connectivity index is 3.04. The molecule has 3 heteroatoms. The van der Waals surface area contributed by atoms with Crippen molar-refractivity contribution < 1.29 is 4.74 Å². The molecule has 0 fully saturated rings. The highest BCUT2D eigenvalue weighted by Crippen LogP contribution is 2.15. The number of ether oxygens (including phenoxy) is 1. The van der Waals surface area contributed by atoms with Crippen molar-refractivity contribution in [3.05, 3.63) is 22.8 Å². The molecule has 0 saturated carbocycles. The van der Waals surface area contributed by atoms with Crippen molar-refractivity contribution in [1.82, 2.24) is 4.98 Å². The molecule has 0 unspecified atom stereocenters. The van der Waals surface area contributed by atoms with Crippen molar-refractivity contribution in [2.24, 2.45) is 0 Å². The fourth-order valence-electron chi connectivity index (χ4n) is 0.635. The zero-order valence-electron chi connectivity index (χ0n) is 5.89. The first-order valence-electron chi connectivity index (χ1n) is 2.91. The van der Waals surface area contributed by atoms with Crippen LogP contribution in [0.15, 0.2) is 12.1 Å². The van der Waals surface area contributed by atoms with Gasteiger partial charge in [-0.3, -0.25) is 0 Å². The highest BCUT2D eigenvalue weighted by molar-refractivity contribution is 6.31. The number of halogens is 1. The summed E-state index contributed by atoms with van der Waals surface area (Å²) in [4.78, 5) is 4.04. The zero-order valence-corrected chi connectivity index (χ0v) is 6.64. The van der Waals surface area contributed by atoms with Crippen LogP contribution < -0.4 is 4.74 Å². The first kappa shape index (κ1) is 7.35. The van der Waals surface area contributed by atoms with Gasteiger partial charge in [-0.2, -0.15) is 0 Å². The van der Waals surface area contributed by atoms with E-state index in [1.807, 2.05) is 6.92 Å². The molecule has 0 aliphatic heterocycles. The van der Waals surface area contributed by atoms with Crippen molar-refractivity contribution in [3.8, 4) is 5.88 Å². The Morgan fingerprint density at radius 3 is 2.70 bits per heavy atom. The van der Waals surface area contributed by atoms with Crippen LogP contribution in [-0.4, -0.2) is 12.1 Å². The lowest BCUT2D eigenvalue weighted by atomic mass is 10.4. The molecule has 10 heavy (non-hydrogen) atoms. The summed E-state index contributed by atoms with van der Waals surface area (Å²) in [6.45, 7) is 1.84. The van der Waals surface area contributed by atoms with Gasteiger partial charge in [0.25, 0.3) is 0 Å². The van der Waals surface area contributed by atoms with E-state index in [1.165, 1.54) is 0 Å². The number of methoxy groups -OCH3 is 1. The first-order chi connectivity index (χ1) is 4.74. The summed E-state index contributed by atoms with van der Waals surface area (Å²) in [5.74, 6) is 0.599. The predicted molar refractivity (Wildman–Crippen MR) is 40.5 cm³/mol. The second kappa shape index (κ2) is 2.88. The van der Waals surface area contributed by atoms with Gasteiger partial charge in [0, 0.05) is 6.07 Å². The normalized spacial score (nSPS) is 9.50. The number of rotatable bonds is 1. The molecule has 0 amide bonds. The fraction of sp³-hybridized carbons (Fsp3) is 0.286. The molecule has 1 aromatic rings. The number of hydrogen-bond donors (Lipinski definition) is 0. The third-order valence-corrected chi connectivity index (χ3v) is 1.60. The van der Waals surface area contributed by atoms with E-state index in [0.717, 1.165) is 5.69 Å². The minimum atomic E-state index is 0.599. The zero-order chi connectivity index (χ0) is 7.56. The molecular weight excluding hydrogens is 150 g/mol. The fourth-order valence-corrected chi connectivity index (χ4v) is 0.740. The maximum atomic E-state index is 5.72. The maximum absolute atomic E-state index is 5.72. The smallest absolute Gasteiger partial charge is 0.213 e. The molecule has 0 radical (unpaired) electrons. The summed E-state index contributed by atoms with van der Waals surface area (Å²) in [6.07, 6.45) is 0. The highest BCUT2D eigenvalue weighted by Gasteiger charge is 1.96. The van der Waals surface area contributed by atoms with E-state index in [4.69, 9.17) is 16.3 Å². The minimum absolute atomic E-state index is 0.599. The molecule has 0 aliphatic rings. The molecule has 1 aromatic heterocycles. The Labute approximate surface area is 64.8 Å². The quantitative estimate of drug-likeness (QED) is 0.623. The van der Waals surface area contributed by atoms with Crippen molar-refractivity contribution in [3.63, 3.8) is 0 Å². The number of hydrogen-bond acceptors (Lipinski definition) is 2. The Morgan fingerprint density at radius 2 is 2.20 bits per heavy atom. The average Bonchev–Trinajstić information content (AvgIpc) is 1.95. The van der Waals surface area contributed by atoms with E-state index in [-0.39, 0.29) is 0 Å². The molecule has 0 atom stereocenters. The Morgan fingerprint density at radius 1 is 1.50 bits per heavy atom. The Bertz CT molecular complexity index is 237. The molecule has 1 rings (SSSR count). The SMILES string of the molecule is COc1ccc(Cl)c(C)n1. The van der Waals surface area contributed by atoms with Gasteiger partial charge in [-0.15, -0.1) is 0 Å². The van der Waals surface area contributed by atoms with Crippen LogP contribution in [0.3, 0.4) is 0 Å². The van der Waals surface area contributed by atoms with Gasteiger partial charge in [-0.1, -0.05) is 11.6 Å². The number of nitrogens with zero attached hydrogens (tertiary/aromatic N) is 1. The van der Waals surface area contributed by atoms with Gasteiger partial charge in [0.1, 0.15) is 0 Å². The standard InChI is InChI=1S/C7H8ClNO/c1-5-6(8)3-4-7(9-5)10-2/h3-4H,1-2H3. The van der Waals surface area contributed by atoms with Gasteiger partial charge in [-0.05, 0) is 13.0 Å². The van der Waals surface area contributed by atoms with Crippen molar-refractivity contribution >= 4 is 11.6 Å². The molecule has 54 valence electrons. The van der Waals surface area contributed by atoms with Gasteiger partial charge in [0.15, 0.2) is 0 Å². The summed E-state index contributed by atoms with van der Waals surface area (Å²) in [5.41, 5.74) is 0.793. The van der Waals surface area contributed by atoms with Gasteiger partial charge >= 0.3 is 0 Å². The van der Waals surface area contributed by atoms with E-state index >= 15 is 0 Å². The maximum Gasteiger partial charge on any atom is 0.213 e. The van der Waals surface area contributed by atoms with Crippen LogP contribution >= 0.6 is 11.6 Å². The molecule has 0 bridgehead atoms. The molecule has 0 saturated heterocycles. The van der Waals surface area contributed by atoms with Crippen molar-refractivity contribution in [1.29, 1.82) is 0 Å². The van der Waals surface area contributed by atoms with Crippen LogP contribution in [0, 0.1) is 6.92 Å². The number of aromatic nitrogens is 1. The van der Waals surface area contributed by atoms with Crippen LogP contribution in [0.1, 0.15) is 5.69 Å². The topological polar surface area (TPSA) is 22.1 Å². The van der Waals surface area contributed by atoms with Crippen LogP contribution in [0.25, 0.3) is 0 Å².